The molecule has 1 amide bonds. The van der Waals surface area contributed by atoms with Crippen molar-refractivity contribution in [1.82, 2.24) is 10.7 Å². The number of benzene rings is 2. The lowest BCUT2D eigenvalue weighted by Crippen LogP contribution is -2.35. The number of aliphatic hydroxyl groups excluding tert-OH is 1. The first-order valence-electron chi connectivity index (χ1n) is 12.4. The fraction of sp³-hybridized carbons (Fsp3) is 0.481. The summed E-state index contributed by atoms with van der Waals surface area (Å²) in [5.41, 5.74) is 5.35. The highest BCUT2D eigenvalue weighted by Crippen LogP contribution is 2.27. The van der Waals surface area contributed by atoms with E-state index >= 15 is 0 Å². The first kappa shape index (κ1) is 27.9. The second kappa shape index (κ2) is 14.8. The number of nitrogens with zero attached hydrogens (tertiary/aromatic N) is 1. The van der Waals surface area contributed by atoms with Crippen LogP contribution in [0.5, 0.6) is 11.5 Å². The van der Waals surface area contributed by atoms with Crippen LogP contribution in [0.4, 0.5) is 0 Å². The summed E-state index contributed by atoms with van der Waals surface area (Å²) >= 11 is 6.36. The van der Waals surface area contributed by atoms with E-state index in [-0.39, 0.29) is 12.5 Å². The zero-order chi connectivity index (χ0) is 25.8. The van der Waals surface area contributed by atoms with Gasteiger partial charge in [-0.25, -0.2) is 5.43 Å². The normalized spacial score (nSPS) is 14.4. The number of hydrogen-bond donors (Lipinski definition) is 3. The smallest absolute Gasteiger partial charge is 0.240 e. The molecule has 3 N–H and O–H groups in total. The van der Waals surface area contributed by atoms with Crippen LogP contribution in [0, 0.1) is 0 Å². The third kappa shape index (κ3) is 9.78. The van der Waals surface area contributed by atoms with Gasteiger partial charge in [0.25, 0.3) is 0 Å². The third-order valence-corrected chi connectivity index (χ3v) is 5.82. The molecule has 8 nitrogen and oxygen atoms in total. The molecule has 0 aliphatic carbocycles. The molecule has 0 spiro atoms. The Morgan fingerprint density at radius 2 is 1.89 bits per heavy atom. The summed E-state index contributed by atoms with van der Waals surface area (Å²) in [5.74, 6) is 1.29. The standard InChI is InChI=1S/C27H36ClN3O5/c1-19(2)29-17-22(32)18-36-23-7-4-20(5-8-23)12-15-34-13-3-14-35-26-10-6-21(16-24(26)28)25-9-11-27(33)31-30-25/h4-8,10,16,19,22,29,32H,3,9,11-15,17-18H2,1-2H3,(H,31,33). The quantitative estimate of drug-likeness (QED) is 0.311. The van der Waals surface area contributed by atoms with Crippen molar-refractivity contribution in [3.63, 3.8) is 0 Å². The second-order valence-corrected chi connectivity index (χ2v) is 9.38. The number of hydrazone groups is 1. The molecule has 196 valence electrons. The molecular formula is C27H36ClN3O5. The third-order valence-electron chi connectivity index (χ3n) is 5.52. The highest BCUT2D eigenvalue weighted by atomic mass is 35.5. The van der Waals surface area contributed by atoms with Gasteiger partial charge >= 0.3 is 0 Å². The van der Waals surface area contributed by atoms with Crippen LogP contribution < -0.4 is 20.2 Å². The Balaban J connectivity index is 1.27. The summed E-state index contributed by atoms with van der Waals surface area (Å²) in [6.45, 7) is 6.56. The number of amides is 1. The van der Waals surface area contributed by atoms with Crippen LogP contribution >= 0.6 is 11.6 Å². The molecule has 1 heterocycles. The number of nitrogens with one attached hydrogen (secondary N) is 2. The number of hydrogen-bond acceptors (Lipinski definition) is 7. The van der Waals surface area contributed by atoms with E-state index in [0.29, 0.717) is 56.0 Å². The molecule has 1 atom stereocenters. The van der Waals surface area contributed by atoms with Gasteiger partial charge in [0, 0.05) is 38.5 Å². The van der Waals surface area contributed by atoms with Crippen molar-refractivity contribution >= 4 is 23.2 Å². The Kier molecular flexibility index (Phi) is 11.5. The van der Waals surface area contributed by atoms with E-state index in [4.69, 9.17) is 25.8 Å². The highest BCUT2D eigenvalue weighted by Gasteiger charge is 2.14. The van der Waals surface area contributed by atoms with Gasteiger partial charge < -0.3 is 24.6 Å². The number of carbonyl (C=O) groups excluding carboxylic acids is 1. The van der Waals surface area contributed by atoms with Crippen molar-refractivity contribution in [1.29, 1.82) is 0 Å². The van der Waals surface area contributed by atoms with Gasteiger partial charge in [0.1, 0.15) is 24.2 Å². The number of ether oxygens (including phenoxy) is 3. The van der Waals surface area contributed by atoms with Crippen LogP contribution in [-0.4, -0.2) is 61.8 Å². The summed E-state index contributed by atoms with van der Waals surface area (Å²) in [7, 11) is 0. The van der Waals surface area contributed by atoms with E-state index in [2.05, 4.69) is 15.8 Å². The van der Waals surface area contributed by atoms with Gasteiger partial charge in [-0.05, 0) is 47.9 Å². The van der Waals surface area contributed by atoms with Crippen LogP contribution in [0.15, 0.2) is 47.6 Å². The molecule has 0 bridgehead atoms. The number of rotatable bonds is 15. The van der Waals surface area contributed by atoms with Gasteiger partial charge in [0.2, 0.25) is 5.91 Å². The minimum Gasteiger partial charge on any atom is -0.492 e. The number of aliphatic hydroxyl groups is 1. The van der Waals surface area contributed by atoms with Gasteiger partial charge in [-0.15, -0.1) is 0 Å². The molecule has 0 saturated heterocycles. The summed E-state index contributed by atoms with van der Waals surface area (Å²) in [6, 6.07) is 13.7. The minimum atomic E-state index is -0.540. The molecule has 1 aliphatic rings. The summed E-state index contributed by atoms with van der Waals surface area (Å²) < 4.78 is 17.2. The second-order valence-electron chi connectivity index (χ2n) is 8.97. The molecule has 1 aliphatic heterocycles. The number of halogens is 1. The van der Waals surface area contributed by atoms with Gasteiger partial charge in [0.15, 0.2) is 0 Å². The van der Waals surface area contributed by atoms with E-state index in [1.54, 1.807) is 0 Å². The maximum absolute atomic E-state index is 11.2. The lowest BCUT2D eigenvalue weighted by molar-refractivity contribution is -0.121. The van der Waals surface area contributed by atoms with E-state index in [9.17, 15) is 9.90 Å². The molecule has 0 radical (unpaired) electrons. The van der Waals surface area contributed by atoms with E-state index in [0.717, 1.165) is 35.4 Å². The fourth-order valence-corrected chi connectivity index (χ4v) is 3.73. The maximum Gasteiger partial charge on any atom is 0.240 e. The Morgan fingerprint density at radius 1 is 1.08 bits per heavy atom. The molecule has 1 unspecified atom stereocenters. The fourth-order valence-electron chi connectivity index (χ4n) is 3.49. The van der Waals surface area contributed by atoms with Crippen molar-refractivity contribution < 1.29 is 24.1 Å². The first-order valence-corrected chi connectivity index (χ1v) is 12.8. The Bertz CT molecular complexity index is 997. The zero-order valence-electron chi connectivity index (χ0n) is 21.0. The average Bonchev–Trinajstić information content (AvgIpc) is 2.87. The Labute approximate surface area is 218 Å². The van der Waals surface area contributed by atoms with Gasteiger partial charge in [-0.2, -0.15) is 5.10 Å². The average molecular weight is 518 g/mol. The van der Waals surface area contributed by atoms with E-state index in [1.807, 2.05) is 56.3 Å². The van der Waals surface area contributed by atoms with Gasteiger partial charge in [-0.1, -0.05) is 37.6 Å². The van der Waals surface area contributed by atoms with Crippen molar-refractivity contribution in [2.75, 3.05) is 33.0 Å². The first-order chi connectivity index (χ1) is 17.4. The molecule has 3 rings (SSSR count). The Hall–Kier alpha value is -2.65. The largest absolute Gasteiger partial charge is 0.492 e. The van der Waals surface area contributed by atoms with Crippen molar-refractivity contribution in [3.8, 4) is 11.5 Å². The lowest BCUT2D eigenvalue weighted by atomic mass is 10.0. The molecule has 36 heavy (non-hydrogen) atoms. The predicted molar refractivity (Wildman–Crippen MR) is 141 cm³/mol. The van der Waals surface area contributed by atoms with Crippen molar-refractivity contribution in [2.24, 2.45) is 5.10 Å². The minimum absolute atomic E-state index is 0.0718. The zero-order valence-corrected chi connectivity index (χ0v) is 21.7. The summed E-state index contributed by atoms with van der Waals surface area (Å²) in [4.78, 5) is 11.2. The van der Waals surface area contributed by atoms with Gasteiger partial charge in [-0.3, -0.25) is 4.79 Å². The predicted octanol–water partition coefficient (Wildman–Crippen LogP) is 3.72. The molecule has 0 saturated carbocycles. The SMILES string of the molecule is CC(C)NCC(O)COc1ccc(CCOCCCOc2ccc(C3=NNC(=O)CC3)cc2Cl)cc1. The highest BCUT2D eigenvalue weighted by molar-refractivity contribution is 6.32. The van der Waals surface area contributed by atoms with Crippen LogP contribution in [-0.2, 0) is 16.0 Å². The maximum atomic E-state index is 11.2. The molecule has 2 aromatic carbocycles. The van der Waals surface area contributed by atoms with Crippen molar-refractivity contribution in [2.45, 2.75) is 51.7 Å². The van der Waals surface area contributed by atoms with Crippen LogP contribution in [0.2, 0.25) is 5.02 Å². The van der Waals surface area contributed by atoms with Crippen LogP contribution in [0.1, 0.15) is 44.2 Å². The lowest BCUT2D eigenvalue weighted by Gasteiger charge is -2.15. The number of carbonyl (C=O) groups is 1. The summed E-state index contributed by atoms with van der Waals surface area (Å²) in [6.07, 6.45) is 2.04. The van der Waals surface area contributed by atoms with E-state index < -0.39 is 6.10 Å². The Morgan fingerprint density at radius 3 is 2.58 bits per heavy atom. The van der Waals surface area contributed by atoms with Crippen molar-refractivity contribution in [3.05, 3.63) is 58.6 Å². The molecule has 9 heteroatoms. The van der Waals surface area contributed by atoms with Gasteiger partial charge in [0.05, 0.1) is 23.9 Å². The molecule has 0 aromatic heterocycles. The monoisotopic (exact) mass is 517 g/mol. The van der Waals surface area contributed by atoms with Crippen LogP contribution in [0.25, 0.3) is 0 Å². The van der Waals surface area contributed by atoms with Crippen LogP contribution in [0.3, 0.4) is 0 Å². The molecular weight excluding hydrogens is 482 g/mol. The topological polar surface area (TPSA) is 101 Å². The van der Waals surface area contributed by atoms with E-state index in [1.165, 1.54) is 0 Å². The molecule has 2 aromatic rings. The summed E-state index contributed by atoms with van der Waals surface area (Å²) in [5, 5.41) is 17.7. The molecule has 0 fully saturated rings.